The van der Waals surface area contributed by atoms with Crippen LogP contribution in [-0.4, -0.2) is 109 Å². The lowest BCUT2D eigenvalue weighted by molar-refractivity contribution is -0.239. The highest BCUT2D eigenvalue weighted by Gasteiger charge is 2.57. The van der Waals surface area contributed by atoms with E-state index in [0.29, 0.717) is 28.9 Å². The molecule has 0 saturated carbocycles. The summed E-state index contributed by atoms with van der Waals surface area (Å²) in [5.74, 6) is -5.26. The van der Waals surface area contributed by atoms with E-state index in [9.17, 15) is 38.4 Å². The van der Waals surface area contributed by atoms with E-state index >= 15 is 0 Å². The van der Waals surface area contributed by atoms with Crippen molar-refractivity contribution in [3.63, 3.8) is 0 Å². The molecule has 3 aromatic carbocycles. The minimum atomic E-state index is -1.98. The highest BCUT2D eigenvalue weighted by molar-refractivity contribution is 5.98. The number of ether oxygens (including phenoxy) is 7. The molecule has 1 aliphatic rings. The lowest BCUT2D eigenvalue weighted by atomic mass is 9.81. The molecule has 1 saturated heterocycles. The maximum Gasteiger partial charge on any atom is 0.338 e. The molecule has 6 atom stereocenters. The number of hydrogen-bond acceptors (Lipinski definition) is 15. The van der Waals surface area contributed by atoms with E-state index in [2.05, 4.69) is 20.9 Å². The standard InChI is InChI=1S/C50H58N4O15/c1-27-18-38(19-28(2)44(27)67-32(6)58)48(61)52-25-42(66-31(5)57)45(68-33(7)59)46-43(53-29(3)55)41(65-30(4)56)23-50(69-46,49(62)64-9)17-11-14-34-12-10-13-35(20-34)24-51-47(60)36-15-16-40-37(21-36)22-39(54-40)26-63-8/h10-16,18-22,41-43,45-46,54H,17,23-26H2,1-9H3,(H,51,60)(H,52,61)(H,53,55)/b14-11+/t41-,42+,43+,45+,46+,50+/m0/s1. The summed E-state index contributed by atoms with van der Waals surface area (Å²) in [5, 5.41) is 9.19. The molecule has 2 heterocycles. The Hall–Kier alpha value is -7.38. The van der Waals surface area contributed by atoms with Gasteiger partial charge in [-0.2, -0.15) is 0 Å². The Bertz CT molecular complexity index is 2600. The van der Waals surface area contributed by atoms with Gasteiger partial charge in [0, 0.05) is 88.8 Å². The average Bonchev–Trinajstić information content (AvgIpc) is 3.69. The van der Waals surface area contributed by atoms with Gasteiger partial charge >= 0.3 is 29.8 Å². The number of fused-ring (bicyclic) bond motifs is 1. The van der Waals surface area contributed by atoms with Crippen molar-refractivity contribution < 1.29 is 71.5 Å². The van der Waals surface area contributed by atoms with Gasteiger partial charge in [-0.25, -0.2) is 4.79 Å². The zero-order chi connectivity index (χ0) is 50.6. The molecule has 0 aliphatic carbocycles. The molecule has 1 aromatic heterocycles. The normalized spacial score (nSPS) is 18.6. The van der Waals surface area contributed by atoms with Crippen molar-refractivity contribution in [2.24, 2.45) is 0 Å². The first-order valence-corrected chi connectivity index (χ1v) is 22.0. The lowest BCUT2D eigenvalue weighted by Crippen LogP contribution is -2.68. The fourth-order valence-electron chi connectivity index (χ4n) is 8.30. The van der Waals surface area contributed by atoms with Crippen molar-refractivity contribution in [2.75, 3.05) is 20.8 Å². The Kier molecular flexibility index (Phi) is 18.0. The summed E-state index contributed by atoms with van der Waals surface area (Å²) in [4.78, 5) is 107. The second kappa shape index (κ2) is 23.6. The van der Waals surface area contributed by atoms with Crippen LogP contribution in [0, 0.1) is 13.8 Å². The van der Waals surface area contributed by atoms with Gasteiger partial charge in [-0.05, 0) is 78.6 Å². The summed E-state index contributed by atoms with van der Waals surface area (Å²) in [6, 6.07) is 16.2. The summed E-state index contributed by atoms with van der Waals surface area (Å²) in [5.41, 5.74) is 2.81. The molecule has 3 amide bonds. The van der Waals surface area contributed by atoms with Gasteiger partial charge < -0.3 is 54.1 Å². The number of amides is 3. The summed E-state index contributed by atoms with van der Waals surface area (Å²) in [7, 11) is 2.73. The predicted octanol–water partition coefficient (Wildman–Crippen LogP) is 4.62. The van der Waals surface area contributed by atoms with Crippen LogP contribution in [0.15, 0.2) is 66.7 Å². The first-order valence-electron chi connectivity index (χ1n) is 22.0. The summed E-state index contributed by atoms with van der Waals surface area (Å²) >= 11 is 0. The zero-order valence-electron chi connectivity index (χ0n) is 40.0. The maximum absolute atomic E-state index is 14.0. The largest absolute Gasteiger partial charge is 0.467 e. The predicted molar refractivity (Wildman–Crippen MR) is 248 cm³/mol. The highest BCUT2D eigenvalue weighted by atomic mass is 16.6. The van der Waals surface area contributed by atoms with Crippen molar-refractivity contribution in [3.05, 3.63) is 106 Å². The number of aryl methyl sites for hydroxylation is 2. The van der Waals surface area contributed by atoms with Crippen LogP contribution in [0.2, 0.25) is 0 Å². The number of methoxy groups -OCH3 is 2. The SMILES string of the molecule is COCc1cc2cc(C(=O)NCc3cccc(/C=C/C[C@]4(C(=O)OC)C[C@H](OC(C)=O)[C@@H](NC(C)=O)[C@H]([C@H](OC(C)=O)[C@@H](CNC(=O)c5cc(C)c(OC(C)=O)c(C)c5)OC(C)=O)O4)c3)ccc2[nH]1. The Morgan fingerprint density at radius 2 is 1.51 bits per heavy atom. The van der Waals surface area contributed by atoms with Crippen LogP contribution in [0.4, 0.5) is 0 Å². The Morgan fingerprint density at radius 3 is 2.13 bits per heavy atom. The molecule has 4 aromatic rings. The molecule has 0 bridgehead atoms. The Morgan fingerprint density at radius 1 is 0.812 bits per heavy atom. The Balaban J connectivity index is 1.44. The molecular weight excluding hydrogens is 897 g/mol. The van der Waals surface area contributed by atoms with Crippen molar-refractivity contribution in [3.8, 4) is 5.75 Å². The number of aromatic nitrogens is 1. The lowest BCUT2D eigenvalue weighted by Gasteiger charge is -2.49. The maximum atomic E-state index is 14.0. The molecule has 0 radical (unpaired) electrons. The molecule has 0 spiro atoms. The third-order valence-corrected chi connectivity index (χ3v) is 11.0. The van der Waals surface area contributed by atoms with Gasteiger partial charge in [0.25, 0.3) is 11.8 Å². The topological polar surface area (TPSA) is 253 Å². The molecule has 1 fully saturated rings. The number of esters is 5. The van der Waals surface area contributed by atoms with E-state index in [1.54, 1.807) is 57.4 Å². The van der Waals surface area contributed by atoms with Crippen molar-refractivity contribution in [1.29, 1.82) is 0 Å². The molecule has 69 heavy (non-hydrogen) atoms. The van der Waals surface area contributed by atoms with E-state index in [1.807, 2.05) is 24.3 Å². The van der Waals surface area contributed by atoms with Gasteiger partial charge in [-0.1, -0.05) is 30.4 Å². The fourth-order valence-corrected chi connectivity index (χ4v) is 8.30. The van der Waals surface area contributed by atoms with E-state index in [4.69, 9.17) is 33.2 Å². The van der Waals surface area contributed by atoms with Crippen LogP contribution in [0.3, 0.4) is 0 Å². The molecule has 5 rings (SSSR count). The van der Waals surface area contributed by atoms with Gasteiger partial charge in [0.1, 0.15) is 18.0 Å². The minimum Gasteiger partial charge on any atom is -0.467 e. The third-order valence-electron chi connectivity index (χ3n) is 11.0. The number of benzene rings is 3. The number of rotatable bonds is 19. The molecule has 4 N–H and O–H groups in total. The van der Waals surface area contributed by atoms with Gasteiger partial charge in [-0.15, -0.1) is 0 Å². The first-order chi connectivity index (χ1) is 32.7. The summed E-state index contributed by atoms with van der Waals surface area (Å²) in [6.07, 6.45) is -3.38. The van der Waals surface area contributed by atoms with Crippen molar-refractivity contribution in [1.82, 2.24) is 20.9 Å². The summed E-state index contributed by atoms with van der Waals surface area (Å²) in [6.45, 7) is 9.13. The quantitative estimate of drug-likeness (QED) is 0.0569. The fraction of sp³-hybridized carbons (Fsp3) is 0.400. The number of H-pyrrole nitrogens is 1. The zero-order valence-corrected chi connectivity index (χ0v) is 40.0. The van der Waals surface area contributed by atoms with Crippen molar-refractivity contribution in [2.45, 2.75) is 111 Å². The Labute approximate surface area is 398 Å². The van der Waals surface area contributed by atoms with Crippen molar-refractivity contribution >= 4 is 64.5 Å². The smallest absolute Gasteiger partial charge is 0.338 e. The average molecular weight is 955 g/mol. The first kappa shape index (κ1) is 52.6. The molecular formula is C50H58N4O15. The van der Waals surface area contributed by atoms with E-state index in [0.717, 1.165) is 50.0 Å². The van der Waals surface area contributed by atoms with Gasteiger partial charge in [0.15, 0.2) is 17.8 Å². The number of nitrogens with one attached hydrogen (secondary N) is 4. The number of carbonyl (C=O) groups is 8. The molecule has 1 aliphatic heterocycles. The van der Waals surface area contributed by atoms with Gasteiger partial charge in [-0.3, -0.25) is 33.6 Å². The van der Waals surface area contributed by atoms with Crippen LogP contribution in [0.1, 0.15) is 96.1 Å². The van der Waals surface area contributed by atoms with E-state index in [1.165, 1.54) is 26.0 Å². The van der Waals surface area contributed by atoms with Gasteiger partial charge in [0.2, 0.25) is 5.91 Å². The molecule has 0 unspecified atom stereocenters. The van der Waals surface area contributed by atoms with Crippen LogP contribution < -0.4 is 20.7 Å². The van der Waals surface area contributed by atoms with Crippen LogP contribution in [0.25, 0.3) is 17.0 Å². The summed E-state index contributed by atoms with van der Waals surface area (Å²) < 4.78 is 39.6. The second-order valence-corrected chi connectivity index (χ2v) is 16.7. The van der Waals surface area contributed by atoms with Crippen LogP contribution >= 0.6 is 0 Å². The third kappa shape index (κ3) is 14.1. The molecule has 19 nitrogen and oxygen atoms in total. The van der Waals surface area contributed by atoms with E-state index < -0.39 is 84.3 Å². The number of carbonyl (C=O) groups excluding carboxylic acids is 8. The van der Waals surface area contributed by atoms with Gasteiger partial charge in [0.05, 0.1) is 26.3 Å². The minimum absolute atomic E-state index is 0.154. The monoisotopic (exact) mass is 954 g/mol. The second-order valence-electron chi connectivity index (χ2n) is 16.7. The number of hydrogen-bond donors (Lipinski definition) is 4. The van der Waals surface area contributed by atoms with Crippen LogP contribution in [-0.2, 0) is 70.3 Å². The molecule has 19 heteroatoms. The van der Waals surface area contributed by atoms with Crippen LogP contribution in [0.5, 0.6) is 5.75 Å². The highest BCUT2D eigenvalue weighted by Crippen LogP contribution is 2.39. The van der Waals surface area contributed by atoms with E-state index in [-0.39, 0.29) is 36.6 Å². The molecule has 368 valence electrons. The number of aromatic amines is 1.